The SMILES string of the molecule is CCCCC(C)C(=O)O.O=Cc1cc(Cl)ccn1. The maximum absolute atomic E-state index is 10.2. The minimum Gasteiger partial charge on any atom is -0.481 e. The van der Waals surface area contributed by atoms with Crippen molar-refractivity contribution in [1.29, 1.82) is 0 Å². The molecule has 100 valence electrons. The van der Waals surface area contributed by atoms with Crippen LogP contribution in [0.1, 0.15) is 43.6 Å². The first-order valence-electron chi connectivity index (χ1n) is 5.80. The molecule has 0 aliphatic heterocycles. The van der Waals surface area contributed by atoms with Crippen molar-refractivity contribution < 1.29 is 14.7 Å². The van der Waals surface area contributed by atoms with Gasteiger partial charge in [-0.3, -0.25) is 14.6 Å². The fourth-order valence-electron chi connectivity index (χ4n) is 1.12. The summed E-state index contributed by atoms with van der Waals surface area (Å²) in [6.07, 6.45) is 5.06. The Hall–Kier alpha value is -1.42. The van der Waals surface area contributed by atoms with Gasteiger partial charge in [0.05, 0.1) is 5.92 Å². The van der Waals surface area contributed by atoms with Gasteiger partial charge in [0.1, 0.15) is 5.69 Å². The molecule has 0 spiro atoms. The highest BCUT2D eigenvalue weighted by Crippen LogP contribution is 2.06. The van der Waals surface area contributed by atoms with Crippen LogP contribution in [0, 0.1) is 5.92 Å². The second-order valence-corrected chi connectivity index (χ2v) is 4.33. The van der Waals surface area contributed by atoms with Crippen molar-refractivity contribution in [1.82, 2.24) is 4.98 Å². The first kappa shape index (κ1) is 16.6. The summed E-state index contributed by atoms with van der Waals surface area (Å²) in [5.41, 5.74) is 0.363. The van der Waals surface area contributed by atoms with Gasteiger partial charge in [-0.25, -0.2) is 0 Å². The van der Waals surface area contributed by atoms with Gasteiger partial charge in [0, 0.05) is 11.2 Å². The van der Waals surface area contributed by atoms with E-state index in [-0.39, 0.29) is 5.92 Å². The highest BCUT2D eigenvalue weighted by Gasteiger charge is 2.08. The molecule has 1 heterocycles. The smallest absolute Gasteiger partial charge is 0.306 e. The zero-order valence-corrected chi connectivity index (χ0v) is 11.4. The van der Waals surface area contributed by atoms with Crippen molar-refractivity contribution in [2.45, 2.75) is 33.1 Å². The number of carboxylic acid groups (broad SMARTS) is 1. The number of aldehydes is 1. The average molecular weight is 272 g/mol. The lowest BCUT2D eigenvalue weighted by atomic mass is 10.1. The van der Waals surface area contributed by atoms with Crippen LogP contribution >= 0.6 is 11.6 Å². The number of hydrogen-bond donors (Lipinski definition) is 1. The molecule has 1 rings (SSSR count). The number of aromatic nitrogens is 1. The van der Waals surface area contributed by atoms with Crippen LogP contribution in [0.2, 0.25) is 5.02 Å². The Morgan fingerprint density at radius 3 is 2.67 bits per heavy atom. The van der Waals surface area contributed by atoms with Crippen LogP contribution in [0.25, 0.3) is 0 Å². The van der Waals surface area contributed by atoms with Crippen LogP contribution in [0.4, 0.5) is 0 Å². The molecule has 0 bridgehead atoms. The van der Waals surface area contributed by atoms with E-state index in [9.17, 15) is 9.59 Å². The molecular formula is C13H18ClNO3. The van der Waals surface area contributed by atoms with Crippen molar-refractivity contribution in [3.05, 3.63) is 29.0 Å². The van der Waals surface area contributed by atoms with E-state index in [0.29, 0.717) is 17.0 Å². The fourth-order valence-corrected chi connectivity index (χ4v) is 1.29. The van der Waals surface area contributed by atoms with Crippen molar-refractivity contribution in [2.75, 3.05) is 0 Å². The lowest BCUT2D eigenvalue weighted by molar-refractivity contribution is -0.141. The molecule has 0 fully saturated rings. The molecule has 1 aromatic rings. The summed E-state index contributed by atoms with van der Waals surface area (Å²) in [6.45, 7) is 3.81. The van der Waals surface area contributed by atoms with Crippen LogP contribution in [0.5, 0.6) is 0 Å². The molecule has 0 aromatic carbocycles. The molecule has 0 aliphatic rings. The summed E-state index contributed by atoms with van der Waals surface area (Å²) in [7, 11) is 0. The predicted octanol–water partition coefficient (Wildman–Crippen LogP) is 3.44. The maximum Gasteiger partial charge on any atom is 0.306 e. The second kappa shape index (κ2) is 9.59. The summed E-state index contributed by atoms with van der Waals surface area (Å²) < 4.78 is 0. The normalized spacial score (nSPS) is 11.1. The van der Waals surface area contributed by atoms with Gasteiger partial charge in [0.25, 0.3) is 0 Å². The molecule has 0 radical (unpaired) electrons. The van der Waals surface area contributed by atoms with Gasteiger partial charge in [-0.2, -0.15) is 0 Å². The number of carbonyl (C=O) groups is 2. The number of hydrogen-bond acceptors (Lipinski definition) is 3. The minimum atomic E-state index is -0.677. The monoisotopic (exact) mass is 271 g/mol. The quantitative estimate of drug-likeness (QED) is 0.833. The van der Waals surface area contributed by atoms with Crippen molar-refractivity contribution in [3.63, 3.8) is 0 Å². The van der Waals surface area contributed by atoms with Gasteiger partial charge in [0.2, 0.25) is 0 Å². The molecule has 0 aliphatic carbocycles. The van der Waals surface area contributed by atoms with Crippen LogP contribution < -0.4 is 0 Å². The van der Waals surface area contributed by atoms with Crippen LogP contribution in [-0.2, 0) is 4.79 Å². The third-order valence-electron chi connectivity index (χ3n) is 2.28. The third kappa shape index (κ3) is 7.79. The fraction of sp³-hybridized carbons (Fsp3) is 0.462. The largest absolute Gasteiger partial charge is 0.481 e. The molecule has 18 heavy (non-hydrogen) atoms. The Kier molecular flexibility index (Phi) is 8.84. The zero-order chi connectivity index (χ0) is 14.0. The maximum atomic E-state index is 10.2. The lowest BCUT2D eigenvalue weighted by Crippen LogP contribution is -2.08. The Labute approximate surface area is 112 Å². The molecule has 4 nitrogen and oxygen atoms in total. The number of carboxylic acids is 1. The average Bonchev–Trinajstić information content (AvgIpc) is 2.36. The summed E-state index contributed by atoms with van der Waals surface area (Å²) >= 11 is 5.52. The number of carbonyl (C=O) groups excluding carboxylic acids is 1. The van der Waals surface area contributed by atoms with E-state index in [2.05, 4.69) is 11.9 Å². The molecule has 0 amide bonds. The highest BCUT2D eigenvalue weighted by atomic mass is 35.5. The van der Waals surface area contributed by atoms with E-state index in [0.717, 1.165) is 19.3 Å². The van der Waals surface area contributed by atoms with Crippen molar-refractivity contribution in [2.24, 2.45) is 5.92 Å². The van der Waals surface area contributed by atoms with Crippen molar-refractivity contribution >= 4 is 23.9 Å². The van der Waals surface area contributed by atoms with Crippen molar-refractivity contribution in [3.8, 4) is 0 Å². The molecule has 1 unspecified atom stereocenters. The summed E-state index contributed by atoms with van der Waals surface area (Å²) in [6, 6.07) is 3.13. The lowest BCUT2D eigenvalue weighted by Gasteiger charge is -2.02. The van der Waals surface area contributed by atoms with E-state index >= 15 is 0 Å². The summed E-state index contributed by atoms with van der Waals surface area (Å²) in [5, 5.41) is 8.94. The van der Waals surface area contributed by atoms with E-state index in [1.54, 1.807) is 13.0 Å². The minimum absolute atomic E-state index is 0.162. The van der Waals surface area contributed by atoms with Gasteiger partial charge in [-0.1, -0.05) is 38.3 Å². The Bertz CT molecular complexity index is 382. The number of nitrogens with zero attached hydrogens (tertiary/aromatic N) is 1. The summed E-state index contributed by atoms with van der Waals surface area (Å²) in [5.74, 6) is -0.839. The zero-order valence-electron chi connectivity index (χ0n) is 10.6. The van der Waals surface area contributed by atoms with Gasteiger partial charge in [-0.05, 0) is 18.6 Å². The van der Waals surface area contributed by atoms with E-state index in [1.165, 1.54) is 12.3 Å². The van der Waals surface area contributed by atoms with Crippen LogP contribution in [0.15, 0.2) is 18.3 Å². The van der Waals surface area contributed by atoms with Gasteiger partial charge >= 0.3 is 5.97 Å². The highest BCUT2D eigenvalue weighted by molar-refractivity contribution is 6.30. The Morgan fingerprint density at radius 2 is 2.28 bits per heavy atom. The number of unbranched alkanes of at least 4 members (excludes halogenated alkanes) is 1. The molecule has 0 saturated heterocycles. The van der Waals surface area contributed by atoms with Gasteiger partial charge < -0.3 is 5.11 Å². The van der Waals surface area contributed by atoms with Crippen LogP contribution in [0.3, 0.4) is 0 Å². The van der Waals surface area contributed by atoms with E-state index in [1.807, 2.05) is 0 Å². The first-order chi connectivity index (χ1) is 8.51. The predicted molar refractivity (Wildman–Crippen MR) is 71.0 cm³/mol. The first-order valence-corrected chi connectivity index (χ1v) is 6.18. The second-order valence-electron chi connectivity index (χ2n) is 3.90. The Morgan fingerprint density at radius 1 is 1.61 bits per heavy atom. The van der Waals surface area contributed by atoms with Gasteiger partial charge in [0.15, 0.2) is 6.29 Å². The van der Waals surface area contributed by atoms with Crippen LogP contribution in [-0.4, -0.2) is 22.3 Å². The number of pyridine rings is 1. The molecule has 5 heteroatoms. The van der Waals surface area contributed by atoms with E-state index < -0.39 is 5.97 Å². The van der Waals surface area contributed by atoms with E-state index in [4.69, 9.17) is 16.7 Å². The molecule has 1 aromatic heterocycles. The third-order valence-corrected chi connectivity index (χ3v) is 2.51. The van der Waals surface area contributed by atoms with Gasteiger partial charge in [-0.15, -0.1) is 0 Å². The molecular weight excluding hydrogens is 254 g/mol. The molecule has 1 N–H and O–H groups in total. The standard InChI is InChI=1S/C7H14O2.C6H4ClNO/c1-3-4-5-6(2)7(8)9;7-5-1-2-8-6(3-5)4-9/h6H,3-5H2,1-2H3,(H,8,9);1-4H. The summed E-state index contributed by atoms with van der Waals surface area (Å²) in [4.78, 5) is 23.9. The number of halogens is 1. The number of rotatable bonds is 5. The molecule has 1 atom stereocenters. The topological polar surface area (TPSA) is 67.3 Å². The molecule has 0 saturated carbocycles. The number of aliphatic carboxylic acids is 1. The Balaban J connectivity index is 0.000000321.